The number of hydrogen-bond acceptors (Lipinski definition) is 5. The van der Waals surface area contributed by atoms with Crippen molar-refractivity contribution in [3.63, 3.8) is 0 Å². The van der Waals surface area contributed by atoms with Crippen molar-refractivity contribution in [2.24, 2.45) is 22.9 Å². The summed E-state index contributed by atoms with van der Waals surface area (Å²) in [5.41, 5.74) is 1.05. The highest BCUT2D eigenvalue weighted by Crippen LogP contribution is 2.34. The van der Waals surface area contributed by atoms with Crippen molar-refractivity contribution >= 4 is 17.5 Å². The van der Waals surface area contributed by atoms with E-state index < -0.39 is 0 Å². The quantitative estimate of drug-likeness (QED) is 0.592. The summed E-state index contributed by atoms with van der Waals surface area (Å²) in [6.45, 7) is 0. The normalized spacial score (nSPS) is 30.9. The molecule has 2 fully saturated rings. The molecular formula is C17H28N2O3. The number of Topliss-reactive ketones (excluding diaryl/α,β-unsaturated/α-hetero) is 1. The molecule has 0 amide bonds. The molecule has 22 heavy (non-hydrogen) atoms. The maximum atomic E-state index is 12.9. The van der Waals surface area contributed by atoms with Gasteiger partial charge in [0.2, 0.25) is 0 Å². The number of hydrogen-bond donors (Lipinski definition) is 0. The van der Waals surface area contributed by atoms with Crippen LogP contribution in [-0.4, -0.2) is 43.7 Å². The van der Waals surface area contributed by atoms with Gasteiger partial charge in [-0.25, -0.2) is 0 Å². The first kappa shape index (κ1) is 17.0. The number of ketones is 1. The molecule has 2 saturated carbocycles. The SMILES string of the molecule is COC(=O)[C@H]1CC[C@H](C(=O)C2CCCC/C2=N/N(C)C)CC1. The lowest BCUT2D eigenvalue weighted by atomic mass is 9.73. The minimum atomic E-state index is -0.126. The van der Waals surface area contributed by atoms with E-state index in [1.807, 2.05) is 14.1 Å². The van der Waals surface area contributed by atoms with Gasteiger partial charge in [-0.05, 0) is 44.9 Å². The van der Waals surface area contributed by atoms with Gasteiger partial charge in [-0.3, -0.25) is 9.59 Å². The fourth-order valence-electron chi connectivity index (χ4n) is 3.74. The zero-order chi connectivity index (χ0) is 16.1. The molecule has 0 radical (unpaired) electrons. The number of esters is 1. The Morgan fingerprint density at radius 3 is 2.27 bits per heavy atom. The van der Waals surface area contributed by atoms with Crippen LogP contribution in [0.5, 0.6) is 0 Å². The van der Waals surface area contributed by atoms with Crippen LogP contribution in [0.2, 0.25) is 0 Å². The summed E-state index contributed by atoms with van der Waals surface area (Å²) in [5, 5.41) is 6.35. The zero-order valence-corrected chi connectivity index (χ0v) is 14.0. The molecule has 0 aromatic rings. The van der Waals surface area contributed by atoms with Crippen LogP contribution in [0.1, 0.15) is 51.4 Å². The lowest BCUT2D eigenvalue weighted by Crippen LogP contribution is -2.36. The maximum Gasteiger partial charge on any atom is 0.308 e. The molecule has 0 heterocycles. The van der Waals surface area contributed by atoms with Crippen LogP contribution in [0.4, 0.5) is 0 Å². The van der Waals surface area contributed by atoms with Crippen LogP contribution in [0.3, 0.4) is 0 Å². The van der Waals surface area contributed by atoms with Gasteiger partial charge in [-0.2, -0.15) is 5.10 Å². The Morgan fingerprint density at radius 1 is 1.05 bits per heavy atom. The summed E-state index contributed by atoms with van der Waals surface area (Å²) >= 11 is 0. The summed E-state index contributed by atoms with van der Waals surface area (Å²) < 4.78 is 4.81. The van der Waals surface area contributed by atoms with Gasteiger partial charge < -0.3 is 9.75 Å². The summed E-state index contributed by atoms with van der Waals surface area (Å²) in [5.74, 6) is 0.296. The average molecular weight is 308 g/mol. The summed E-state index contributed by atoms with van der Waals surface area (Å²) in [6, 6.07) is 0. The predicted molar refractivity (Wildman–Crippen MR) is 85.6 cm³/mol. The zero-order valence-electron chi connectivity index (χ0n) is 14.0. The fourth-order valence-corrected chi connectivity index (χ4v) is 3.74. The van der Waals surface area contributed by atoms with Crippen molar-refractivity contribution in [2.45, 2.75) is 51.4 Å². The Kier molecular flexibility index (Phi) is 5.98. The third-order valence-electron chi connectivity index (χ3n) is 4.91. The third kappa shape index (κ3) is 4.08. The van der Waals surface area contributed by atoms with Crippen molar-refractivity contribution in [3.8, 4) is 0 Å². The van der Waals surface area contributed by atoms with Crippen molar-refractivity contribution < 1.29 is 14.3 Å². The highest BCUT2D eigenvalue weighted by molar-refractivity contribution is 6.06. The number of carbonyl (C=O) groups excluding carboxylic acids is 2. The van der Waals surface area contributed by atoms with E-state index in [0.29, 0.717) is 5.78 Å². The molecule has 0 aliphatic heterocycles. The first-order chi connectivity index (χ1) is 10.5. The van der Waals surface area contributed by atoms with Gasteiger partial charge in [0.25, 0.3) is 0 Å². The summed E-state index contributed by atoms with van der Waals surface area (Å²) in [6.07, 6.45) is 7.28. The molecule has 124 valence electrons. The van der Waals surface area contributed by atoms with E-state index in [2.05, 4.69) is 5.10 Å². The van der Waals surface area contributed by atoms with Gasteiger partial charge in [0.15, 0.2) is 0 Å². The van der Waals surface area contributed by atoms with E-state index in [-0.39, 0.29) is 23.7 Å². The van der Waals surface area contributed by atoms with Gasteiger partial charge in [0.1, 0.15) is 5.78 Å². The molecule has 0 spiro atoms. The molecule has 2 aliphatic carbocycles. The third-order valence-corrected chi connectivity index (χ3v) is 4.91. The largest absolute Gasteiger partial charge is 0.469 e. The number of nitrogens with zero attached hydrogens (tertiary/aromatic N) is 2. The first-order valence-corrected chi connectivity index (χ1v) is 8.39. The molecule has 0 bridgehead atoms. The van der Waals surface area contributed by atoms with Gasteiger partial charge in [0, 0.05) is 25.7 Å². The maximum absolute atomic E-state index is 12.9. The predicted octanol–water partition coefficient (Wildman–Crippen LogP) is 2.64. The lowest BCUT2D eigenvalue weighted by Gasteiger charge is -2.31. The fraction of sp³-hybridized carbons (Fsp3) is 0.824. The molecule has 5 heteroatoms. The summed E-state index contributed by atoms with van der Waals surface area (Å²) in [4.78, 5) is 24.5. The second-order valence-electron chi connectivity index (χ2n) is 6.71. The number of methoxy groups -OCH3 is 1. The molecule has 2 aliphatic rings. The van der Waals surface area contributed by atoms with Crippen LogP contribution in [0.15, 0.2) is 5.10 Å². The molecule has 5 nitrogen and oxygen atoms in total. The number of rotatable bonds is 4. The number of hydrazone groups is 1. The highest BCUT2D eigenvalue weighted by atomic mass is 16.5. The van der Waals surface area contributed by atoms with E-state index in [1.165, 1.54) is 7.11 Å². The standard InChI is InChI=1S/C17H28N2O3/c1-19(2)18-15-7-5-4-6-14(15)16(20)12-8-10-13(11-9-12)17(21)22-3/h12-14H,4-11H2,1-3H3/b18-15-/t12-,13-,14?. The van der Waals surface area contributed by atoms with E-state index >= 15 is 0 Å². The minimum Gasteiger partial charge on any atom is -0.469 e. The highest BCUT2D eigenvalue weighted by Gasteiger charge is 2.36. The van der Waals surface area contributed by atoms with Crippen LogP contribution < -0.4 is 0 Å². The summed E-state index contributed by atoms with van der Waals surface area (Å²) in [7, 11) is 5.25. The Hall–Kier alpha value is -1.39. The van der Waals surface area contributed by atoms with Crippen molar-refractivity contribution in [1.82, 2.24) is 5.01 Å². The molecule has 1 atom stereocenters. The van der Waals surface area contributed by atoms with Gasteiger partial charge in [0.05, 0.1) is 18.9 Å². The second-order valence-corrected chi connectivity index (χ2v) is 6.71. The molecule has 2 rings (SSSR count). The van der Waals surface area contributed by atoms with Gasteiger partial charge >= 0.3 is 5.97 Å². The van der Waals surface area contributed by atoms with Crippen molar-refractivity contribution in [1.29, 1.82) is 0 Å². The first-order valence-electron chi connectivity index (χ1n) is 8.39. The Morgan fingerprint density at radius 2 is 1.68 bits per heavy atom. The molecule has 0 saturated heterocycles. The second kappa shape index (κ2) is 7.75. The average Bonchev–Trinajstić information content (AvgIpc) is 2.53. The van der Waals surface area contributed by atoms with E-state index in [9.17, 15) is 9.59 Å². The lowest BCUT2D eigenvalue weighted by molar-refractivity contribution is -0.147. The Balaban J connectivity index is 1.97. The van der Waals surface area contributed by atoms with Crippen LogP contribution in [0, 0.1) is 17.8 Å². The van der Waals surface area contributed by atoms with Crippen LogP contribution >= 0.6 is 0 Å². The number of ether oxygens (including phenoxy) is 1. The van der Waals surface area contributed by atoms with E-state index in [1.54, 1.807) is 5.01 Å². The smallest absolute Gasteiger partial charge is 0.308 e. The van der Waals surface area contributed by atoms with Crippen molar-refractivity contribution in [2.75, 3.05) is 21.2 Å². The number of carbonyl (C=O) groups is 2. The van der Waals surface area contributed by atoms with Crippen molar-refractivity contribution in [3.05, 3.63) is 0 Å². The Bertz CT molecular complexity index is 437. The molecule has 0 N–H and O–H groups in total. The molecular weight excluding hydrogens is 280 g/mol. The topological polar surface area (TPSA) is 59.0 Å². The van der Waals surface area contributed by atoms with Gasteiger partial charge in [-0.15, -0.1) is 0 Å². The van der Waals surface area contributed by atoms with E-state index in [4.69, 9.17) is 4.74 Å². The molecule has 0 aromatic heterocycles. The van der Waals surface area contributed by atoms with Gasteiger partial charge in [-0.1, -0.05) is 6.42 Å². The van der Waals surface area contributed by atoms with Crippen LogP contribution in [0.25, 0.3) is 0 Å². The monoisotopic (exact) mass is 308 g/mol. The molecule has 1 unspecified atom stereocenters. The van der Waals surface area contributed by atoms with E-state index in [0.717, 1.165) is 57.1 Å². The van der Waals surface area contributed by atoms with Crippen LogP contribution in [-0.2, 0) is 14.3 Å². The minimum absolute atomic E-state index is 0.00386. The molecule has 0 aromatic carbocycles. The Labute approximate surface area is 133 Å².